The van der Waals surface area contributed by atoms with Gasteiger partial charge in [0.05, 0.1) is 42.8 Å². The minimum absolute atomic E-state index is 0.00171. The van der Waals surface area contributed by atoms with E-state index >= 15 is 0 Å². The molecule has 0 aliphatic carbocycles. The minimum Gasteiger partial charge on any atom is -0.493 e. The second-order valence-corrected chi connectivity index (χ2v) is 9.32. The van der Waals surface area contributed by atoms with Crippen molar-refractivity contribution in [1.82, 2.24) is 14.9 Å². The third-order valence-corrected chi connectivity index (χ3v) is 6.82. The lowest BCUT2D eigenvalue weighted by atomic mass is 10.2. The Morgan fingerprint density at radius 3 is 2.45 bits per heavy atom. The molecule has 3 N–H and O–H groups in total. The number of aromatic nitrogens is 2. The zero-order chi connectivity index (χ0) is 24.3. The van der Waals surface area contributed by atoms with E-state index in [1.807, 2.05) is 0 Å². The topological polar surface area (TPSA) is 126 Å². The van der Waals surface area contributed by atoms with Gasteiger partial charge in [0.1, 0.15) is 11.0 Å². The van der Waals surface area contributed by atoms with Gasteiger partial charge in [-0.2, -0.15) is 0 Å². The average molecular weight is 534 g/mol. The molecule has 0 saturated carbocycles. The maximum absolute atomic E-state index is 12.8. The smallest absolute Gasteiger partial charge is 0.253 e. The molecule has 1 heterocycles. The van der Waals surface area contributed by atoms with Gasteiger partial charge >= 0.3 is 0 Å². The number of benzene rings is 2. The number of methoxy groups -OCH3 is 2. The fraction of sp³-hybridized carbons (Fsp3) is 0.200. The maximum atomic E-state index is 12.8. The van der Waals surface area contributed by atoms with Crippen LogP contribution in [0.1, 0.15) is 21.7 Å². The lowest BCUT2D eigenvalue weighted by Gasteiger charge is -2.14. The van der Waals surface area contributed by atoms with Crippen molar-refractivity contribution < 1.29 is 22.7 Å². The molecule has 0 bridgehead atoms. The molecular formula is C20H19Cl3N4O5S. The Balaban J connectivity index is 1.88. The minimum atomic E-state index is -3.97. The van der Waals surface area contributed by atoms with Gasteiger partial charge < -0.3 is 19.4 Å². The van der Waals surface area contributed by atoms with E-state index in [2.05, 4.69) is 10.3 Å². The van der Waals surface area contributed by atoms with Gasteiger partial charge in [-0.25, -0.2) is 18.5 Å². The van der Waals surface area contributed by atoms with Crippen LogP contribution in [0, 0.1) is 0 Å². The third kappa shape index (κ3) is 5.36. The van der Waals surface area contributed by atoms with Crippen LogP contribution in [-0.2, 0) is 23.1 Å². The monoisotopic (exact) mass is 532 g/mol. The van der Waals surface area contributed by atoms with E-state index in [-0.39, 0.29) is 44.6 Å². The summed E-state index contributed by atoms with van der Waals surface area (Å²) < 4.78 is 35.7. The van der Waals surface area contributed by atoms with Crippen LogP contribution in [0.25, 0.3) is 0 Å². The number of nitrogens with one attached hydrogen (secondary N) is 1. The highest BCUT2D eigenvalue weighted by atomic mass is 35.5. The lowest BCUT2D eigenvalue weighted by molar-refractivity contribution is 0.0949. The second-order valence-electron chi connectivity index (χ2n) is 6.69. The highest BCUT2D eigenvalue weighted by molar-refractivity contribution is 7.89. The number of nitrogens with zero attached hydrogens (tertiary/aromatic N) is 2. The number of sulfonamides is 1. The Morgan fingerprint density at radius 2 is 1.82 bits per heavy atom. The van der Waals surface area contributed by atoms with Crippen LogP contribution in [-0.4, -0.2) is 38.1 Å². The van der Waals surface area contributed by atoms with Crippen molar-refractivity contribution in [3.8, 4) is 11.5 Å². The fourth-order valence-corrected chi connectivity index (χ4v) is 4.63. The lowest BCUT2D eigenvalue weighted by Crippen LogP contribution is -2.25. The van der Waals surface area contributed by atoms with Gasteiger partial charge in [-0.1, -0.05) is 53.0 Å². The highest BCUT2D eigenvalue weighted by Gasteiger charge is 2.21. The molecule has 0 atom stereocenters. The number of imidazole rings is 1. The normalized spacial score (nSPS) is 11.3. The number of ether oxygens (including phenoxy) is 2. The summed E-state index contributed by atoms with van der Waals surface area (Å²) in [5.74, 6) is 0.382. The molecule has 33 heavy (non-hydrogen) atoms. The first-order valence-corrected chi connectivity index (χ1v) is 12.0. The quantitative estimate of drug-likeness (QED) is 0.457. The summed E-state index contributed by atoms with van der Waals surface area (Å²) in [4.78, 5) is 16.9. The van der Waals surface area contributed by atoms with Crippen LogP contribution < -0.4 is 19.9 Å². The summed E-state index contributed by atoms with van der Waals surface area (Å²) in [7, 11) is -1.11. The fourth-order valence-electron chi connectivity index (χ4n) is 3.14. The predicted molar refractivity (Wildman–Crippen MR) is 125 cm³/mol. The van der Waals surface area contributed by atoms with E-state index in [0.717, 1.165) is 0 Å². The van der Waals surface area contributed by atoms with Crippen molar-refractivity contribution in [2.24, 2.45) is 5.14 Å². The van der Waals surface area contributed by atoms with Crippen LogP contribution >= 0.6 is 34.8 Å². The standard InChI is InChI=1S/C20H19Cl3N4O5S/c1-31-13-8-7-12(16(21)17(13)32-2)20(28)25-9-15-26-18(22)19(23)27(15)10-11-5-3-4-6-14(11)33(24,29)30/h3-8H,9-10H2,1-2H3,(H,25,28)(H2,24,29,30). The first-order chi connectivity index (χ1) is 15.6. The molecule has 1 amide bonds. The number of halogens is 3. The van der Waals surface area contributed by atoms with Crippen LogP contribution in [0.15, 0.2) is 41.3 Å². The summed E-state index contributed by atoms with van der Waals surface area (Å²) in [5, 5.41) is 8.16. The van der Waals surface area contributed by atoms with Crippen molar-refractivity contribution in [3.05, 3.63) is 68.7 Å². The van der Waals surface area contributed by atoms with Crippen LogP contribution in [0.2, 0.25) is 15.3 Å². The van der Waals surface area contributed by atoms with E-state index in [1.54, 1.807) is 24.3 Å². The Morgan fingerprint density at radius 1 is 1.12 bits per heavy atom. The second kappa shape index (κ2) is 10.2. The SMILES string of the molecule is COc1ccc(C(=O)NCc2nc(Cl)c(Cl)n2Cc2ccccc2S(N)(=O)=O)c(Cl)c1OC. The van der Waals surface area contributed by atoms with Gasteiger partial charge in [0.2, 0.25) is 10.0 Å². The number of nitrogens with two attached hydrogens (primary N) is 1. The van der Waals surface area contributed by atoms with Crippen LogP contribution in [0.4, 0.5) is 0 Å². The van der Waals surface area contributed by atoms with Gasteiger partial charge in [0.15, 0.2) is 16.7 Å². The molecular weight excluding hydrogens is 515 g/mol. The number of rotatable bonds is 8. The molecule has 0 spiro atoms. The third-order valence-electron chi connectivity index (χ3n) is 4.69. The van der Waals surface area contributed by atoms with Crippen molar-refractivity contribution in [1.29, 1.82) is 0 Å². The summed E-state index contributed by atoms with van der Waals surface area (Å²) in [5.41, 5.74) is 0.538. The van der Waals surface area contributed by atoms with Crippen LogP contribution in [0.5, 0.6) is 11.5 Å². The summed E-state index contributed by atoms with van der Waals surface area (Å²) >= 11 is 18.7. The number of hydrogen-bond acceptors (Lipinski definition) is 6. The zero-order valence-corrected chi connectivity index (χ0v) is 20.5. The number of primary sulfonamides is 1. The van der Waals surface area contributed by atoms with Gasteiger partial charge in [0.25, 0.3) is 5.91 Å². The Bertz CT molecular complexity index is 1310. The van der Waals surface area contributed by atoms with Gasteiger partial charge in [-0.15, -0.1) is 0 Å². The molecule has 0 unspecified atom stereocenters. The van der Waals surface area contributed by atoms with E-state index in [9.17, 15) is 13.2 Å². The highest BCUT2D eigenvalue weighted by Crippen LogP contribution is 2.37. The maximum Gasteiger partial charge on any atom is 0.253 e. The summed E-state index contributed by atoms with van der Waals surface area (Å²) in [6.45, 7) is -0.0685. The molecule has 2 aromatic carbocycles. The Kier molecular flexibility index (Phi) is 7.76. The average Bonchev–Trinajstić information content (AvgIpc) is 3.04. The predicted octanol–water partition coefficient (Wildman–Crippen LogP) is 3.49. The van der Waals surface area contributed by atoms with Crippen molar-refractivity contribution in [2.75, 3.05) is 14.2 Å². The molecule has 3 aromatic rings. The number of hydrogen-bond donors (Lipinski definition) is 2. The number of amides is 1. The van der Waals surface area contributed by atoms with E-state index < -0.39 is 15.9 Å². The van der Waals surface area contributed by atoms with E-state index in [1.165, 1.54) is 30.9 Å². The first kappa shape index (κ1) is 25.1. The molecule has 0 saturated heterocycles. The van der Waals surface area contributed by atoms with Crippen LogP contribution in [0.3, 0.4) is 0 Å². The Hall–Kier alpha value is -2.50. The van der Waals surface area contributed by atoms with Gasteiger partial charge in [0, 0.05) is 0 Å². The molecule has 176 valence electrons. The summed E-state index contributed by atoms with van der Waals surface area (Å²) in [6.07, 6.45) is 0. The molecule has 0 aliphatic heterocycles. The zero-order valence-electron chi connectivity index (χ0n) is 17.4. The van der Waals surface area contributed by atoms with Gasteiger partial charge in [-0.3, -0.25) is 4.79 Å². The molecule has 3 rings (SSSR count). The number of carbonyl (C=O) groups excluding carboxylic acids is 1. The molecule has 9 nitrogen and oxygen atoms in total. The van der Waals surface area contributed by atoms with E-state index in [0.29, 0.717) is 17.1 Å². The van der Waals surface area contributed by atoms with Crippen molar-refractivity contribution in [3.63, 3.8) is 0 Å². The first-order valence-electron chi connectivity index (χ1n) is 9.28. The van der Waals surface area contributed by atoms with Crippen molar-refractivity contribution >= 4 is 50.7 Å². The van der Waals surface area contributed by atoms with Gasteiger partial charge in [-0.05, 0) is 23.8 Å². The molecule has 1 aromatic heterocycles. The summed E-state index contributed by atoms with van der Waals surface area (Å²) in [6, 6.07) is 9.25. The Labute approximate surface area is 205 Å². The van der Waals surface area contributed by atoms with E-state index in [4.69, 9.17) is 49.4 Å². The molecule has 0 aliphatic rings. The molecule has 0 radical (unpaired) electrons. The van der Waals surface area contributed by atoms with Crippen molar-refractivity contribution in [2.45, 2.75) is 18.0 Å². The molecule has 13 heteroatoms. The molecule has 0 fully saturated rings. The largest absolute Gasteiger partial charge is 0.493 e. The number of carbonyl (C=O) groups is 1.